The van der Waals surface area contributed by atoms with Gasteiger partial charge in [-0.25, -0.2) is 19.9 Å². The van der Waals surface area contributed by atoms with Gasteiger partial charge >= 0.3 is 0 Å². The summed E-state index contributed by atoms with van der Waals surface area (Å²) in [6.07, 6.45) is 10.6. The Kier molecular flexibility index (Phi) is 8.97. The molecular weight excluding hydrogens is 526 g/mol. The third kappa shape index (κ3) is 6.52. The summed E-state index contributed by atoms with van der Waals surface area (Å²) in [5, 5.41) is 0. The molecule has 5 aromatic rings. The molecule has 0 bridgehead atoms. The summed E-state index contributed by atoms with van der Waals surface area (Å²) in [7, 11) is 2.20. The molecule has 0 spiro atoms. The van der Waals surface area contributed by atoms with E-state index >= 15 is 0 Å². The van der Waals surface area contributed by atoms with Gasteiger partial charge in [-0.05, 0) is 94.2 Å². The van der Waals surface area contributed by atoms with E-state index in [-0.39, 0.29) is 0 Å². The van der Waals surface area contributed by atoms with E-state index in [1.165, 1.54) is 18.4 Å². The Morgan fingerprint density at radius 1 is 0.929 bits per heavy atom. The zero-order valence-electron chi connectivity index (χ0n) is 25.0. The summed E-state index contributed by atoms with van der Waals surface area (Å²) in [4.78, 5) is 19.8. The van der Waals surface area contributed by atoms with E-state index in [9.17, 15) is 0 Å². The molecule has 0 unspecified atom stereocenters. The number of rotatable bonds is 8. The predicted molar refractivity (Wildman–Crippen MR) is 166 cm³/mol. The lowest BCUT2D eigenvalue weighted by molar-refractivity contribution is 0.303. The lowest BCUT2D eigenvalue weighted by Gasteiger charge is -2.18. The Morgan fingerprint density at radius 3 is 2.38 bits per heavy atom. The van der Waals surface area contributed by atoms with Gasteiger partial charge in [0.25, 0.3) is 0 Å². The highest BCUT2D eigenvalue weighted by Crippen LogP contribution is 2.32. The molecule has 0 saturated carbocycles. The number of nitrogen functional groups attached to an aromatic ring is 1. The number of anilines is 1. The van der Waals surface area contributed by atoms with Crippen molar-refractivity contribution in [3.05, 3.63) is 89.9 Å². The Labute approximate surface area is 247 Å². The van der Waals surface area contributed by atoms with E-state index in [4.69, 9.17) is 15.2 Å². The number of hydrogen-bond donors (Lipinski definition) is 1. The second-order valence-electron chi connectivity index (χ2n) is 10.5. The van der Waals surface area contributed by atoms with Crippen molar-refractivity contribution >= 4 is 16.9 Å². The molecule has 3 aromatic heterocycles. The standard InChI is InChI=1S/C31H33N7O2.C2H6/c1-20-11-27(39-18-22-15-33-21(2)34-16-22)14-28(12-20)40-26-8-6-24(7-9-26)38-17-23(13-25-5-4-10-37(25)3)29-30(38)31(32)36-19-35-29;1-2/h6-9,11-12,14-17,19,25H,4-5,10,13,18H2,1-3H3,(H2,32,35,36);1-2H3/t25-;/m1./s1. The number of nitrogens with zero attached hydrogens (tertiary/aromatic N) is 6. The first-order chi connectivity index (χ1) is 20.4. The first kappa shape index (κ1) is 29.0. The van der Waals surface area contributed by atoms with Gasteiger partial charge in [0.1, 0.15) is 41.5 Å². The smallest absolute Gasteiger partial charge is 0.151 e. The lowest BCUT2D eigenvalue weighted by atomic mass is 10.1. The molecule has 1 aliphatic heterocycles. The molecule has 6 rings (SSSR count). The van der Waals surface area contributed by atoms with Crippen LogP contribution in [0.4, 0.5) is 5.82 Å². The van der Waals surface area contributed by atoms with Crippen molar-refractivity contribution < 1.29 is 9.47 Å². The van der Waals surface area contributed by atoms with Crippen molar-refractivity contribution in [3.8, 4) is 22.9 Å². The van der Waals surface area contributed by atoms with Crippen LogP contribution in [0, 0.1) is 13.8 Å². The normalized spacial score (nSPS) is 14.9. The van der Waals surface area contributed by atoms with Crippen LogP contribution < -0.4 is 15.2 Å². The maximum absolute atomic E-state index is 6.35. The molecule has 0 radical (unpaired) electrons. The zero-order valence-corrected chi connectivity index (χ0v) is 25.0. The first-order valence-corrected chi connectivity index (χ1v) is 14.5. The van der Waals surface area contributed by atoms with Gasteiger partial charge < -0.3 is 24.7 Å². The number of likely N-dealkylation sites (tertiary alicyclic amines) is 1. The van der Waals surface area contributed by atoms with Gasteiger partial charge in [-0.2, -0.15) is 0 Å². The Hall–Kier alpha value is -4.50. The van der Waals surface area contributed by atoms with Crippen molar-refractivity contribution in [2.75, 3.05) is 19.3 Å². The Bertz CT molecular complexity index is 1630. The van der Waals surface area contributed by atoms with E-state index < -0.39 is 0 Å². The Balaban J connectivity index is 0.00000173. The van der Waals surface area contributed by atoms with Gasteiger partial charge in [-0.1, -0.05) is 13.8 Å². The molecule has 9 nitrogen and oxygen atoms in total. The predicted octanol–water partition coefficient (Wildman–Crippen LogP) is 6.44. The molecule has 4 heterocycles. The number of aryl methyl sites for hydroxylation is 2. The molecule has 42 heavy (non-hydrogen) atoms. The largest absolute Gasteiger partial charge is 0.489 e. The van der Waals surface area contributed by atoms with Crippen LogP contribution in [-0.4, -0.2) is 49.0 Å². The molecule has 1 saturated heterocycles. The summed E-state index contributed by atoms with van der Waals surface area (Å²) in [6.45, 7) is 9.40. The van der Waals surface area contributed by atoms with E-state index in [1.54, 1.807) is 18.7 Å². The Morgan fingerprint density at radius 2 is 1.67 bits per heavy atom. The van der Waals surface area contributed by atoms with Crippen molar-refractivity contribution in [2.24, 2.45) is 0 Å². The van der Waals surface area contributed by atoms with Crippen molar-refractivity contribution in [2.45, 2.75) is 59.6 Å². The number of fused-ring (bicyclic) bond motifs is 1. The second-order valence-corrected chi connectivity index (χ2v) is 10.5. The summed E-state index contributed by atoms with van der Waals surface area (Å²) in [5.41, 5.74) is 12.2. The van der Waals surface area contributed by atoms with E-state index in [1.807, 2.05) is 70.2 Å². The summed E-state index contributed by atoms with van der Waals surface area (Å²) in [5.74, 6) is 3.36. The summed E-state index contributed by atoms with van der Waals surface area (Å²) in [6, 6.07) is 14.3. The van der Waals surface area contributed by atoms with E-state index in [2.05, 4.69) is 42.6 Å². The third-order valence-corrected chi connectivity index (χ3v) is 7.42. The average Bonchev–Trinajstić information content (AvgIpc) is 3.58. The van der Waals surface area contributed by atoms with E-state index in [0.29, 0.717) is 24.2 Å². The van der Waals surface area contributed by atoms with Gasteiger partial charge in [0.2, 0.25) is 0 Å². The van der Waals surface area contributed by atoms with Gasteiger partial charge in [-0.3, -0.25) is 0 Å². The topological polar surface area (TPSA) is 104 Å². The molecule has 1 aliphatic rings. The fourth-order valence-electron chi connectivity index (χ4n) is 5.32. The number of ether oxygens (including phenoxy) is 2. The second kappa shape index (κ2) is 13.0. The highest BCUT2D eigenvalue weighted by atomic mass is 16.5. The molecule has 9 heteroatoms. The van der Waals surface area contributed by atoms with Gasteiger partial charge in [-0.15, -0.1) is 0 Å². The van der Waals surface area contributed by atoms with Crippen LogP contribution in [0.5, 0.6) is 17.2 Å². The van der Waals surface area contributed by atoms with Crippen LogP contribution in [-0.2, 0) is 13.0 Å². The number of aromatic nitrogens is 5. The summed E-state index contributed by atoms with van der Waals surface area (Å²) < 4.78 is 14.3. The monoisotopic (exact) mass is 565 g/mol. The highest BCUT2D eigenvalue weighted by Gasteiger charge is 2.24. The fourth-order valence-corrected chi connectivity index (χ4v) is 5.32. The zero-order chi connectivity index (χ0) is 29.6. The molecule has 1 atom stereocenters. The minimum absolute atomic E-state index is 0.383. The minimum atomic E-state index is 0.383. The molecule has 2 N–H and O–H groups in total. The number of nitrogens with two attached hydrogens (primary N) is 1. The number of benzene rings is 2. The van der Waals surface area contributed by atoms with Crippen LogP contribution >= 0.6 is 0 Å². The maximum Gasteiger partial charge on any atom is 0.151 e. The SMILES string of the molecule is CC.Cc1cc(OCc2cnc(C)nc2)cc(Oc2ccc(-n3cc(C[C@H]4CCCN4C)c4ncnc(N)c43)cc2)c1. The lowest BCUT2D eigenvalue weighted by Crippen LogP contribution is -2.26. The van der Waals surface area contributed by atoms with Crippen LogP contribution in [0.25, 0.3) is 16.7 Å². The van der Waals surface area contributed by atoms with Crippen molar-refractivity contribution in [3.63, 3.8) is 0 Å². The number of likely N-dealkylation sites (N-methyl/N-ethyl adjacent to an activating group) is 1. The molecule has 0 amide bonds. The van der Waals surface area contributed by atoms with E-state index in [0.717, 1.165) is 58.1 Å². The van der Waals surface area contributed by atoms with Gasteiger partial charge in [0.05, 0.1) is 5.52 Å². The summed E-state index contributed by atoms with van der Waals surface area (Å²) >= 11 is 0. The molecule has 2 aromatic carbocycles. The van der Waals surface area contributed by atoms with Crippen LogP contribution in [0.2, 0.25) is 0 Å². The molecule has 218 valence electrons. The van der Waals surface area contributed by atoms with Gasteiger partial charge in [0, 0.05) is 41.9 Å². The molecule has 0 aliphatic carbocycles. The first-order valence-electron chi connectivity index (χ1n) is 14.5. The maximum atomic E-state index is 6.35. The fraction of sp³-hybridized carbons (Fsp3) is 0.333. The van der Waals surface area contributed by atoms with Gasteiger partial charge in [0.15, 0.2) is 5.82 Å². The molecule has 1 fully saturated rings. The van der Waals surface area contributed by atoms with Crippen molar-refractivity contribution in [1.29, 1.82) is 0 Å². The highest BCUT2D eigenvalue weighted by molar-refractivity contribution is 5.89. The average molecular weight is 566 g/mol. The van der Waals surface area contributed by atoms with Crippen LogP contribution in [0.15, 0.2) is 67.4 Å². The van der Waals surface area contributed by atoms with Crippen LogP contribution in [0.1, 0.15) is 49.2 Å². The quantitative estimate of drug-likeness (QED) is 0.229. The molecular formula is C33H39N7O2. The third-order valence-electron chi connectivity index (χ3n) is 7.42. The van der Waals surface area contributed by atoms with Crippen molar-refractivity contribution in [1.82, 2.24) is 29.4 Å². The minimum Gasteiger partial charge on any atom is -0.489 e. The van der Waals surface area contributed by atoms with Crippen LogP contribution in [0.3, 0.4) is 0 Å². The number of hydrogen-bond acceptors (Lipinski definition) is 8.